The molecule has 1 aromatic carbocycles. The number of nitrogens with zero attached hydrogens (tertiary/aromatic N) is 2. The van der Waals surface area contributed by atoms with Crippen LogP contribution >= 0.6 is 11.8 Å². The fourth-order valence-corrected chi connectivity index (χ4v) is 2.92. The number of ether oxygens (including phenoxy) is 1. The molecule has 0 radical (unpaired) electrons. The standard InChI is InChI=1S/C13H11FN2O3S/c1-7-6-10(12(17)18-7)20-13-16-15-11(19-13)8-4-2-3-5-9(8)14/h2-5,7,10H,6H2,1H3/t7-,10+/m1/s1. The Hall–Kier alpha value is -1.89. The molecule has 7 heteroatoms. The van der Waals surface area contributed by atoms with E-state index in [9.17, 15) is 9.18 Å². The normalized spacial score (nSPS) is 22.0. The second-order valence-electron chi connectivity index (χ2n) is 4.44. The molecular weight excluding hydrogens is 283 g/mol. The number of carbonyl (C=O) groups is 1. The van der Waals surface area contributed by atoms with Crippen LogP contribution in [0.2, 0.25) is 0 Å². The summed E-state index contributed by atoms with van der Waals surface area (Å²) in [7, 11) is 0. The Bertz CT molecular complexity index is 646. The molecule has 1 aliphatic heterocycles. The highest BCUT2D eigenvalue weighted by Crippen LogP contribution is 2.33. The van der Waals surface area contributed by atoms with Gasteiger partial charge >= 0.3 is 5.97 Å². The average molecular weight is 294 g/mol. The van der Waals surface area contributed by atoms with Crippen LogP contribution in [0.5, 0.6) is 0 Å². The monoisotopic (exact) mass is 294 g/mol. The van der Waals surface area contributed by atoms with Crippen molar-refractivity contribution < 1.29 is 18.3 Å². The Kier molecular flexibility index (Phi) is 3.43. The third-order valence-electron chi connectivity index (χ3n) is 2.88. The molecule has 0 amide bonds. The minimum absolute atomic E-state index is 0.102. The van der Waals surface area contributed by atoms with Crippen molar-refractivity contribution in [2.45, 2.75) is 29.9 Å². The van der Waals surface area contributed by atoms with Gasteiger partial charge in [-0.05, 0) is 30.8 Å². The maximum atomic E-state index is 13.6. The van der Waals surface area contributed by atoms with Gasteiger partial charge in [0.2, 0.25) is 0 Å². The lowest BCUT2D eigenvalue weighted by Crippen LogP contribution is -2.09. The van der Waals surface area contributed by atoms with E-state index in [4.69, 9.17) is 9.15 Å². The van der Waals surface area contributed by atoms with Crippen LogP contribution in [0.4, 0.5) is 4.39 Å². The number of aromatic nitrogens is 2. The molecule has 1 saturated heterocycles. The molecule has 0 bridgehead atoms. The molecular formula is C13H11FN2O3S. The maximum Gasteiger partial charge on any atom is 0.320 e. The Balaban J connectivity index is 1.78. The van der Waals surface area contributed by atoms with E-state index in [1.165, 1.54) is 6.07 Å². The summed E-state index contributed by atoms with van der Waals surface area (Å²) in [6.07, 6.45) is 0.495. The number of hydrogen-bond acceptors (Lipinski definition) is 6. The van der Waals surface area contributed by atoms with Crippen molar-refractivity contribution in [2.75, 3.05) is 0 Å². The van der Waals surface area contributed by atoms with Crippen LogP contribution in [0, 0.1) is 5.82 Å². The zero-order chi connectivity index (χ0) is 14.1. The molecule has 0 unspecified atom stereocenters. The van der Waals surface area contributed by atoms with Gasteiger partial charge in [-0.1, -0.05) is 12.1 Å². The molecule has 0 saturated carbocycles. The Morgan fingerprint density at radius 1 is 1.35 bits per heavy atom. The number of halogens is 1. The smallest absolute Gasteiger partial charge is 0.320 e. The summed E-state index contributed by atoms with van der Waals surface area (Å²) >= 11 is 1.15. The van der Waals surface area contributed by atoms with Gasteiger partial charge in [-0.2, -0.15) is 0 Å². The topological polar surface area (TPSA) is 65.2 Å². The quantitative estimate of drug-likeness (QED) is 0.811. The van der Waals surface area contributed by atoms with E-state index in [1.807, 2.05) is 6.92 Å². The van der Waals surface area contributed by atoms with Crippen molar-refractivity contribution in [2.24, 2.45) is 0 Å². The van der Waals surface area contributed by atoms with E-state index in [2.05, 4.69) is 10.2 Å². The van der Waals surface area contributed by atoms with Gasteiger partial charge in [-0.3, -0.25) is 4.79 Å². The molecule has 1 aliphatic rings. The molecule has 5 nitrogen and oxygen atoms in total. The molecule has 1 aromatic heterocycles. The van der Waals surface area contributed by atoms with Gasteiger partial charge in [0.25, 0.3) is 11.1 Å². The summed E-state index contributed by atoms with van der Waals surface area (Å²) in [6.45, 7) is 1.83. The van der Waals surface area contributed by atoms with Crippen LogP contribution < -0.4 is 0 Å². The molecule has 0 spiro atoms. The van der Waals surface area contributed by atoms with E-state index in [0.717, 1.165) is 11.8 Å². The molecule has 1 fully saturated rings. The predicted octanol–water partition coefficient (Wildman–Crippen LogP) is 2.67. The highest BCUT2D eigenvalue weighted by molar-refractivity contribution is 8.00. The highest BCUT2D eigenvalue weighted by atomic mass is 32.2. The zero-order valence-electron chi connectivity index (χ0n) is 10.6. The van der Waals surface area contributed by atoms with Gasteiger partial charge in [0, 0.05) is 6.42 Å². The molecule has 3 rings (SSSR count). The number of cyclic esters (lactones) is 1. The first kappa shape index (κ1) is 13.1. The van der Waals surface area contributed by atoms with E-state index in [0.29, 0.717) is 6.42 Å². The SMILES string of the molecule is C[C@@H]1C[C@H](Sc2nnc(-c3ccccc3F)o2)C(=O)O1. The highest BCUT2D eigenvalue weighted by Gasteiger charge is 2.34. The largest absolute Gasteiger partial charge is 0.462 e. The van der Waals surface area contributed by atoms with Gasteiger partial charge < -0.3 is 9.15 Å². The van der Waals surface area contributed by atoms with E-state index in [-0.39, 0.29) is 34.0 Å². The van der Waals surface area contributed by atoms with Crippen molar-refractivity contribution in [3.05, 3.63) is 30.1 Å². The number of carbonyl (C=O) groups excluding carboxylic acids is 1. The summed E-state index contributed by atoms with van der Waals surface area (Å²) in [5, 5.41) is 7.52. The summed E-state index contributed by atoms with van der Waals surface area (Å²) in [5.74, 6) is -0.611. The van der Waals surface area contributed by atoms with Crippen LogP contribution in [0.1, 0.15) is 13.3 Å². The lowest BCUT2D eigenvalue weighted by molar-refractivity contribution is -0.140. The Morgan fingerprint density at radius 3 is 2.85 bits per heavy atom. The first-order chi connectivity index (χ1) is 9.63. The minimum atomic E-state index is -0.429. The molecule has 2 aromatic rings. The molecule has 104 valence electrons. The maximum absolute atomic E-state index is 13.6. The lowest BCUT2D eigenvalue weighted by Gasteiger charge is -1.99. The van der Waals surface area contributed by atoms with E-state index in [1.54, 1.807) is 18.2 Å². The predicted molar refractivity (Wildman–Crippen MR) is 69.5 cm³/mol. The van der Waals surface area contributed by atoms with Crippen LogP contribution in [-0.2, 0) is 9.53 Å². The second-order valence-corrected chi connectivity index (χ2v) is 5.60. The summed E-state index contributed by atoms with van der Waals surface area (Å²) < 4.78 is 24.0. The number of hydrogen-bond donors (Lipinski definition) is 0. The zero-order valence-corrected chi connectivity index (χ0v) is 11.4. The van der Waals surface area contributed by atoms with Crippen molar-refractivity contribution in [1.82, 2.24) is 10.2 Å². The fourth-order valence-electron chi connectivity index (χ4n) is 1.94. The van der Waals surface area contributed by atoms with E-state index >= 15 is 0 Å². The second kappa shape index (κ2) is 5.24. The molecule has 2 heterocycles. The summed E-state index contributed by atoms with van der Waals surface area (Å²) in [4.78, 5) is 11.5. The molecule has 0 N–H and O–H groups in total. The summed E-state index contributed by atoms with van der Waals surface area (Å²) in [6, 6.07) is 6.15. The Morgan fingerprint density at radius 2 is 2.15 bits per heavy atom. The van der Waals surface area contributed by atoms with Gasteiger partial charge in [0.1, 0.15) is 17.2 Å². The lowest BCUT2D eigenvalue weighted by atomic mass is 10.2. The van der Waals surface area contributed by atoms with Crippen LogP contribution in [-0.4, -0.2) is 27.5 Å². The van der Waals surface area contributed by atoms with Gasteiger partial charge in [0.05, 0.1) is 5.56 Å². The number of benzene rings is 1. The van der Waals surface area contributed by atoms with Crippen molar-refractivity contribution in [1.29, 1.82) is 0 Å². The molecule has 20 heavy (non-hydrogen) atoms. The van der Waals surface area contributed by atoms with E-state index < -0.39 is 5.82 Å². The van der Waals surface area contributed by atoms with Gasteiger partial charge in [-0.25, -0.2) is 4.39 Å². The van der Waals surface area contributed by atoms with Crippen molar-refractivity contribution in [3.8, 4) is 11.5 Å². The summed E-state index contributed by atoms with van der Waals surface area (Å²) in [5.41, 5.74) is 0.245. The van der Waals surface area contributed by atoms with Crippen LogP contribution in [0.15, 0.2) is 33.9 Å². The van der Waals surface area contributed by atoms with Crippen molar-refractivity contribution in [3.63, 3.8) is 0 Å². The van der Waals surface area contributed by atoms with Crippen LogP contribution in [0.25, 0.3) is 11.5 Å². The Labute approximate surface area is 118 Å². The molecule has 0 aliphatic carbocycles. The number of esters is 1. The fraction of sp³-hybridized carbons (Fsp3) is 0.308. The minimum Gasteiger partial charge on any atom is -0.462 e. The first-order valence-corrected chi connectivity index (χ1v) is 6.97. The van der Waals surface area contributed by atoms with Gasteiger partial charge in [-0.15, -0.1) is 10.2 Å². The van der Waals surface area contributed by atoms with Gasteiger partial charge in [0.15, 0.2) is 0 Å². The average Bonchev–Trinajstić information content (AvgIpc) is 2.98. The first-order valence-electron chi connectivity index (χ1n) is 6.09. The third-order valence-corrected chi connectivity index (χ3v) is 3.92. The molecule has 2 atom stereocenters. The van der Waals surface area contributed by atoms with Crippen molar-refractivity contribution >= 4 is 17.7 Å². The third kappa shape index (κ3) is 2.53. The number of rotatable bonds is 3. The number of thioether (sulfide) groups is 1. The van der Waals surface area contributed by atoms with Crippen LogP contribution in [0.3, 0.4) is 0 Å².